The van der Waals surface area contributed by atoms with Crippen LogP contribution in [0.1, 0.15) is 30.4 Å². The molecule has 3 aromatic heterocycles. The van der Waals surface area contributed by atoms with Crippen molar-refractivity contribution in [1.29, 1.82) is 0 Å². The van der Waals surface area contributed by atoms with Crippen molar-refractivity contribution in [1.82, 2.24) is 19.4 Å². The lowest BCUT2D eigenvalue weighted by molar-refractivity contribution is 0.573. The third kappa shape index (κ3) is 3.42. The van der Waals surface area contributed by atoms with Crippen molar-refractivity contribution in [3.05, 3.63) is 66.2 Å². The zero-order chi connectivity index (χ0) is 20.6. The first-order chi connectivity index (χ1) is 15.3. The fourth-order valence-corrected chi connectivity index (χ4v) is 4.33. The van der Waals surface area contributed by atoms with Gasteiger partial charge in [0.05, 0.1) is 24.1 Å². The number of nitrogens with one attached hydrogen (secondary N) is 1. The van der Waals surface area contributed by atoms with Crippen LogP contribution in [0.3, 0.4) is 0 Å². The molecule has 0 radical (unpaired) electrons. The molecule has 5 heterocycles. The molecule has 31 heavy (non-hydrogen) atoms. The summed E-state index contributed by atoms with van der Waals surface area (Å²) in [5, 5.41) is 3.43. The Morgan fingerprint density at radius 1 is 0.968 bits per heavy atom. The van der Waals surface area contributed by atoms with Gasteiger partial charge in [-0.2, -0.15) is 0 Å². The van der Waals surface area contributed by atoms with Crippen molar-refractivity contribution in [2.24, 2.45) is 4.99 Å². The van der Waals surface area contributed by atoms with Crippen LogP contribution in [0.25, 0.3) is 16.9 Å². The van der Waals surface area contributed by atoms with Gasteiger partial charge < -0.3 is 14.6 Å². The molecular formula is C24H23N7. The average Bonchev–Trinajstić information content (AvgIpc) is 3.49. The minimum atomic E-state index is 0.715. The van der Waals surface area contributed by atoms with E-state index in [-0.39, 0.29) is 0 Å². The molecule has 0 bridgehead atoms. The first-order valence-corrected chi connectivity index (χ1v) is 10.8. The molecule has 7 nitrogen and oxygen atoms in total. The monoisotopic (exact) mass is 409 g/mol. The molecule has 1 saturated heterocycles. The number of imidazole rings is 1. The van der Waals surface area contributed by atoms with E-state index in [9.17, 15) is 0 Å². The number of pyridine rings is 1. The molecule has 1 fully saturated rings. The number of aromatic nitrogens is 4. The zero-order valence-corrected chi connectivity index (χ0v) is 17.2. The first kappa shape index (κ1) is 18.1. The fourth-order valence-electron chi connectivity index (χ4n) is 4.33. The van der Waals surface area contributed by atoms with E-state index in [1.165, 1.54) is 30.4 Å². The second-order valence-electron chi connectivity index (χ2n) is 8.09. The number of hydrogen-bond donors (Lipinski definition) is 1. The Balaban J connectivity index is 1.32. The lowest BCUT2D eigenvalue weighted by atomic mass is 10.0. The van der Waals surface area contributed by atoms with Crippen LogP contribution < -0.4 is 10.2 Å². The van der Waals surface area contributed by atoms with Gasteiger partial charge in [0.2, 0.25) is 0 Å². The van der Waals surface area contributed by atoms with E-state index in [0.29, 0.717) is 5.82 Å². The topological polar surface area (TPSA) is 70.7 Å². The van der Waals surface area contributed by atoms with Gasteiger partial charge in [0.1, 0.15) is 5.82 Å². The molecule has 6 rings (SSSR count). The van der Waals surface area contributed by atoms with E-state index in [1.807, 2.05) is 29.2 Å². The first-order valence-electron chi connectivity index (χ1n) is 10.8. The van der Waals surface area contributed by atoms with Gasteiger partial charge in [0.15, 0.2) is 11.5 Å². The van der Waals surface area contributed by atoms with E-state index in [0.717, 1.165) is 48.0 Å². The van der Waals surface area contributed by atoms with Gasteiger partial charge in [-0.1, -0.05) is 12.1 Å². The van der Waals surface area contributed by atoms with Crippen LogP contribution in [-0.2, 0) is 6.54 Å². The number of benzene rings is 1. The lowest BCUT2D eigenvalue weighted by Crippen LogP contribution is -2.29. The van der Waals surface area contributed by atoms with Gasteiger partial charge in [0, 0.05) is 43.5 Å². The quantitative estimate of drug-likeness (QED) is 0.539. The molecule has 0 unspecified atom stereocenters. The molecule has 2 aliphatic rings. The largest absolute Gasteiger partial charge is 0.357 e. The molecule has 1 aromatic carbocycles. The summed E-state index contributed by atoms with van der Waals surface area (Å²) >= 11 is 0. The van der Waals surface area contributed by atoms with Crippen LogP contribution in [0.4, 0.5) is 17.3 Å². The third-order valence-corrected chi connectivity index (χ3v) is 6.00. The van der Waals surface area contributed by atoms with E-state index < -0.39 is 0 Å². The van der Waals surface area contributed by atoms with Crippen LogP contribution in [0.2, 0.25) is 0 Å². The van der Waals surface area contributed by atoms with Gasteiger partial charge in [0.25, 0.3) is 0 Å². The second-order valence-corrected chi connectivity index (χ2v) is 8.09. The van der Waals surface area contributed by atoms with Crippen LogP contribution in [0.15, 0.2) is 60.1 Å². The summed E-state index contributed by atoms with van der Waals surface area (Å²) < 4.78 is 2.00. The molecule has 0 aliphatic carbocycles. The highest BCUT2D eigenvalue weighted by Crippen LogP contribution is 2.28. The van der Waals surface area contributed by atoms with E-state index >= 15 is 0 Å². The Kier molecular flexibility index (Phi) is 4.37. The summed E-state index contributed by atoms with van der Waals surface area (Å²) in [6.07, 6.45) is 13.4. The number of piperidine rings is 1. The van der Waals surface area contributed by atoms with Gasteiger partial charge in [-0.25, -0.2) is 15.0 Å². The fraction of sp³-hybridized carbons (Fsp3) is 0.250. The van der Waals surface area contributed by atoms with Crippen molar-refractivity contribution in [2.45, 2.75) is 25.8 Å². The van der Waals surface area contributed by atoms with Crippen molar-refractivity contribution < 1.29 is 0 Å². The Hall–Kier alpha value is -3.74. The van der Waals surface area contributed by atoms with Gasteiger partial charge in [-0.3, -0.25) is 4.99 Å². The van der Waals surface area contributed by atoms with Crippen LogP contribution in [-0.4, -0.2) is 38.7 Å². The Bertz CT molecular complexity index is 1270. The van der Waals surface area contributed by atoms with Crippen molar-refractivity contribution in [2.75, 3.05) is 23.3 Å². The number of hydrogen-bond acceptors (Lipinski definition) is 6. The summed E-state index contributed by atoms with van der Waals surface area (Å²) in [5.41, 5.74) is 6.07. The van der Waals surface area contributed by atoms with Gasteiger partial charge in [-0.15, -0.1) is 0 Å². The molecule has 2 aliphatic heterocycles. The van der Waals surface area contributed by atoms with Gasteiger partial charge in [-0.05, 0) is 48.6 Å². The number of aliphatic imine (C=N–C) groups is 1. The summed E-state index contributed by atoms with van der Waals surface area (Å²) in [6, 6.07) is 10.5. The van der Waals surface area contributed by atoms with Crippen molar-refractivity contribution >= 4 is 29.2 Å². The molecule has 1 N–H and O–H groups in total. The number of anilines is 3. The second kappa shape index (κ2) is 7.50. The van der Waals surface area contributed by atoms with Crippen molar-refractivity contribution in [3.63, 3.8) is 0 Å². The smallest absolute Gasteiger partial charge is 0.180 e. The summed E-state index contributed by atoms with van der Waals surface area (Å²) in [6.45, 7) is 2.91. The maximum atomic E-state index is 4.90. The molecule has 7 heteroatoms. The summed E-state index contributed by atoms with van der Waals surface area (Å²) in [4.78, 5) is 20.8. The van der Waals surface area contributed by atoms with E-state index in [2.05, 4.69) is 55.5 Å². The normalized spacial score (nSPS) is 15.4. The molecule has 0 saturated carbocycles. The standard InChI is InChI=1S/C24H23N7/c1-2-9-30(10-3-1)22-7-6-20(15-27-22)28-23-24-26-8-11-31(24)16-21(29-23)17-4-5-18-13-25-14-19(18)12-17/h4-8,11-13,15-16H,1-3,9-10,14H2,(H,28,29). The van der Waals surface area contributed by atoms with Gasteiger partial charge >= 0.3 is 0 Å². The summed E-state index contributed by atoms with van der Waals surface area (Å²) in [5.74, 6) is 1.75. The molecule has 0 amide bonds. The molecular weight excluding hydrogens is 386 g/mol. The lowest BCUT2D eigenvalue weighted by Gasteiger charge is -2.27. The minimum Gasteiger partial charge on any atom is -0.357 e. The highest BCUT2D eigenvalue weighted by atomic mass is 15.2. The van der Waals surface area contributed by atoms with E-state index in [1.54, 1.807) is 6.20 Å². The predicted molar refractivity (Wildman–Crippen MR) is 123 cm³/mol. The molecule has 0 atom stereocenters. The highest BCUT2D eigenvalue weighted by molar-refractivity contribution is 5.86. The maximum Gasteiger partial charge on any atom is 0.180 e. The molecule has 154 valence electrons. The molecule has 4 aromatic rings. The summed E-state index contributed by atoms with van der Waals surface area (Å²) in [7, 11) is 0. The maximum absolute atomic E-state index is 4.90. The number of fused-ring (bicyclic) bond motifs is 2. The molecule has 0 spiro atoms. The van der Waals surface area contributed by atoms with Crippen LogP contribution in [0, 0.1) is 0 Å². The predicted octanol–water partition coefficient (Wildman–Crippen LogP) is 4.46. The number of nitrogens with zero attached hydrogens (tertiary/aromatic N) is 6. The Morgan fingerprint density at radius 2 is 1.90 bits per heavy atom. The minimum absolute atomic E-state index is 0.715. The van der Waals surface area contributed by atoms with Crippen molar-refractivity contribution in [3.8, 4) is 11.3 Å². The van der Waals surface area contributed by atoms with Crippen LogP contribution >= 0.6 is 0 Å². The SMILES string of the molecule is C1=NCc2cc(-c3cn4ccnc4c(Nc4ccc(N5CCCCC5)nc4)n3)ccc21. The number of rotatable bonds is 4. The third-order valence-electron chi connectivity index (χ3n) is 6.00. The van der Waals surface area contributed by atoms with Crippen LogP contribution in [0.5, 0.6) is 0 Å². The Labute approximate surface area is 180 Å². The Morgan fingerprint density at radius 3 is 2.77 bits per heavy atom. The zero-order valence-electron chi connectivity index (χ0n) is 17.2. The average molecular weight is 409 g/mol. The van der Waals surface area contributed by atoms with E-state index in [4.69, 9.17) is 4.98 Å². The highest BCUT2D eigenvalue weighted by Gasteiger charge is 2.14.